The zero-order valence-corrected chi connectivity index (χ0v) is 12.4. The molecule has 0 unspecified atom stereocenters. The van der Waals surface area contributed by atoms with Gasteiger partial charge in [-0.2, -0.15) is 4.52 Å². The molecule has 0 saturated heterocycles. The molecular formula is C11H7Cl2N5OS. The first kappa shape index (κ1) is 13.3. The smallest absolute Gasteiger partial charge is 0.286 e. The molecule has 9 heteroatoms. The standard InChI is InChI=1S/C11H7Cl2N5OS/c1-5-15-16-11-18(5)17-10(20-11)9(19)14-6-2-3-7(12)8(13)4-6/h2-4H,1H3,(H,14,19). The summed E-state index contributed by atoms with van der Waals surface area (Å²) in [6.07, 6.45) is 0. The lowest BCUT2D eigenvalue weighted by Crippen LogP contribution is -2.12. The van der Waals surface area contributed by atoms with Crippen LogP contribution in [0.4, 0.5) is 5.69 Å². The van der Waals surface area contributed by atoms with Gasteiger partial charge in [-0.1, -0.05) is 34.5 Å². The second kappa shape index (κ2) is 5.01. The second-order valence-corrected chi connectivity index (χ2v) is 5.70. The fourth-order valence-electron chi connectivity index (χ4n) is 1.56. The largest absolute Gasteiger partial charge is 0.320 e. The Morgan fingerprint density at radius 3 is 2.80 bits per heavy atom. The maximum Gasteiger partial charge on any atom is 0.286 e. The van der Waals surface area contributed by atoms with E-state index in [2.05, 4.69) is 20.6 Å². The number of aryl methyl sites for hydroxylation is 1. The summed E-state index contributed by atoms with van der Waals surface area (Å²) in [6.45, 7) is 1.76. The van der Waals surface area contributed by atoms with Crippen molar-refractivity contribution < 1.29 is 4.79 Å². The molecule has 102 valence electrons. The number of rotatable bonds is 2. The van der Waals surface area contributed by atoms with E-state index in [0.29, 0.717) is 31.5 Å². The van der Waals surface area contributed by atoms with E-state index >= 15 is 0 Å². The highest BCUT2D eigenvalue weighted by atomic mass is 35.5. The predicted molar refractivity (Wildman–Crippen MR) is 77.8 cm³/mol. The molecule has 1 aromatic carbocycles. The summed E-state index contributed by atoms with van der Waals surface area (Å²) in [5, 5.41) is 15.7. The Morgan fingerprint density at radius 2 is 2.10 bits per heavy atom. The average molecular weight is 328 g/mol. The molecule has 0 aliphatic heterocycles. The van der Waals surface area contributed by atoms with Crippen LogP contribution in [0.1, 0.15) is 15.6 Å². The summed E-state index contributed by atoms with van der Waals surface area (Å²) >= 11 is 12.9. The van der Waals surface area contributed by atoms with Crippen molar-refractivity contribution in [3.63, 3.8) is 0 Å². The number of amides is 1. The van der Waals surface area contributed by atoms with Crippen LogP contribution in [0.5, 0.6) is 0 Å². The fourth-order valence-corrected chi connectivity index (χ4v) is 2.64. The van der Waals surface area contributed by atoms with Gasteiger partial charge in [-0.25, -0.2) is 0 Å². The van der Waals surface area contributed by atoms with E-state index in [1.54, 1.807) is 25.1 Å². The molecule has 0 bridgehead atoms. The van der Waals surface area contributed by atoms with Crippen molar-refractivity contribution in [1.82, 2.24) is 19.8 Å². The number of anilines is 1. The van der Waals surface area contributed by atoms with Crippen molar-refractivity contribution in [2.75, 3.05) is 5.32 Å². The van der Waals surface area contributed by atoms with Crippen LogP contribution in [-0.2, 0) is 0 Å². The molecular weight excluding hydrogens is 321 g/mol. The molecule has 1 amide bonds. The summed E-state index contributed by atoms with van der Waals surface area (Å²) in [5.74, 6) is 0.295. The van der Waals surface area contributed by atoms with Gasteiger partial charge in [-0.15, -0.1) is 15.3 Å². The number of aromatic nitrogens is 4. The van der Waals surface area contributed by atoms with Crippen molar-refractivity contribution in [3.8, 4) is 0 Å². The minimum atomic E-state index is -0.335. The van der Waals surface area contributed by atoms with E-state index in [1.807, 2.05) is 0 Å². The van der Waals surface area contributed by atoms with E-state index in [1.165, 1.54) is 4.52 Å². The number of carbonyl (C=O) groups excluding carboxylic acids is 1. The van der Waals surface area contributed by atoms with Crippen LogP contribution in [0.2, 0.25) is 10.0 Å². The van der Waals surface area contributed by atoms with Gasteiger partial charge in [0.15, 0.2) is 5.82 Å². The maximum absolute atomic E-state index is 12.1. The minimum absolute atomic E-state index is 0.295. The Balaban J connectivity index is 1.86. The number of halogens is 2. The normalized spacial score (nSPS) is 10.9. The van der Waals surface area contributed by atoms with E-state index in [-0.39, 0.29) is 5.91 Å². The molecule has 6 nitrogen and oxygen atoms in total. The Bertz CT molecular complexity index is 812. The Kier molecular flexibility index (Phi) is 3.33. The summed E-state index contributed by atoms with van der Waals surface area (Å²) in [6, 6.07) is 4.85. The van der Waals surface area contributed by atoms with Crippen molar-refractivity contribution in [2.45, 2.75) is 6.92 Å². The number of nitrogens with zero attached hydrogens (tertiary/aromatic N) is 4. The quantitative estimate of drug-likeness (QED) is 0.785. The molecule has 2 aromatic heterocycles. The van der Waals surface area contributed by atoms with Crippen LogP contribution < -0.4 is 5.32 Å². The lowest BCUT2D eigenvalue weighted by Gasteiger charge is -2.03. The van der Waals surface area contributed by atoms with Gasteiger partial charge in [0.25, 0.3) is 5.91 Å². The third-order valence-corrected chi connectivity index (χ3v) is 4.16. The average Bonchev–Trinajstić information content (AvgIpc) is 2.97. The van der Waals surface area contributed by atoms with Crippen LogP contribution in [0.15, 0.2) is 18.2 Å². The van der Waals surface area contributed by atoms with Crippen molar-refractivity contribution in [2.24, 2.45) is 0 Å². The minimum Gasteiger partial charge on any atom is -0.320 e. The van der Waals surface area contributed by atoms with Gasteiger partial charge in [-0.3, -0.25) is 4.79 Å². The molecule has 3 aromatic rings. The van der Waals surface area contributed by atoms with Gasteiger partial charge >= 0.3 is 0 Å². The van der Waals surface area contributed by atoms with Crippen molar-refractivity contribution in [3.05, 3.63) is 39.1 Å². The number of carbonyl (C=O) groups is 1. The molecule has 0 aliphatic carbocycles. The molecule has 0 saturated carbocycles. The molecule has 0 spiro atoms. The van der Waals surface area contributed by atoms with Gasteiger partial charge in [0.05, 0.1) is 10.0 Å². The number of benzene rings is 1. The first-order valence-corrected chi connectivity index (χ1v) is 7.07. The maximum atomic E-state index is 12.1. The lowest BCUT2D eigenvalue weighted by molar-refractivity contribution is 0.102. The van der Waals surface area contributed by atoms with Crippen LogP contribution in [0.3, 0.4) is 0 Å². The van der Waals surface area contributed by atoms with Crippen molar-refractivity contribution in [1.29, 1.82) is 0 Å². The first-order chi connectivity index (χ1) is 9.54. The number of fused-ring (bicyclic) bond motifs is 1. The van der Waals surface area contributed by atoms with Gasteiger partial charge in [-0.05, 0) is 25.1 Å². The molecule has 2 heterocycles. The van der Waals surface area contributed by atoms with Gasteiger partial charge in [0, 0.05) is 5.69 Å². The number of hydrogen-bond donors (Lipinski definition) is 1. The Labute approximate surface area is 127 Å². The molecule has 0 atom stereocenters. The Hall–Kier alpha value is -1.70. The summed E-state index contributed by atoms with van der Waals surface area (Å²) in [7, 11) is 0. The second-order valence-electron chi connectivity index (χ2n) is 3.93. The highest BCUT2D eigenvalue weighted by Gasteiger charge is 2.15. The zero-order valence-electron chi connectivity index (χ0n) is 10.1. The number of hydrogen-bond acceptors (Lipinski definition) is 5. The molecule has 20 heavy (non-hydrogen) atoms. The first-order valence-electron chi connectivity index (χ1n) is 5.50. The fraction of sp³-hybridized carbons (Fsp3) is 0.0909. The number of nitrogens with one attached hydrogen (secondary N) is 1. The zero-order chi connectivity index (χ0) is 14.3. The van der Waals surface area contributed by atoms with E-state index in [4.69, 9.17) is 23.2 Å². The predicted octanol–water partition coefficient (Wildman–Crippen LogP) is 3.05. The highest BCUT2D eigenvalue weighted by molar-refractivity contribution is 7.18. The molecule has 1 N–H and O–H groups in total. The van der Waals surface area contributed by atoms with Crippen molar-refractivity contribution >= 4 is 51.1 Å². The van der Waals surface area contributed by atoms with Gasteiger partial charge < -0.3 is 5.32 Å². The lowest BCUT2D eigenvalue weighted by atomic mass is 10.3. The Morgan fingerprint density at radius 1 is 1.30 bits per heavy atom. The van der Waals surface area contributed by atoms with E-state index < -0.39 is 0 Å². The monoisotopic (exact) mass is 327 g/mol. The van der Waals surface area contributed by atoms with Crippen LogP contribution in [-0.4, -0.2) is 25.7 Å². The van der Waals surface area contributed by atoms with Gasteiger partial charge in [0.2, 0.25) is 9.97 Å². The highest BCUT2D eigenvalue weighted by Crippen LogP contribution is 2.25. The summed E-state index contributed by atoms with van der Waals surface area (Å²) < 4.78 is 1.52. The summed E-state index contributed by atoms with van der Waals surface area (Å²) in [4.78, 5) is 12.7. The van der Waals surface area contributed by atoms with E-state index in [9.17, 15) is 4.79 Å². The topological polar surface area (TPSA) is 72.2 Å². The van der Waals surface area contributed by atoms with E-state index in [0.717, 1.165) is 11.3 Å². The van der Waals surface area contributed by atoms with Crippen LogP contribution in [0, 0.1) is 6.92 Å². The molecule has 0 fully saturated rings. The third-order valence-electron chi connectivity index (χ3n) is 2.52. The third kappa shape index (κ3) is 2.35. The van der Waals surface area contributed by atoms with Gasteiger partial charge in [0.1, 0.15) is 0 Å². The molecule has 3 rings (SSSR count). The molecule has 0 radical (unpaired) electrons. The molecule has 0 aliphatic rings. The van der Waals surface area contributed by atoms with Crippen LogP contribution in [0.25, 0.3) is 4.96 Å². The summed E-state index contributed by atoms with van der Waals surface area (Å²) in [5.41, 5.74) is 0.548. The SMILES string of the molecule is Cc1nnc2sc(C(=O)Nc3ccc(Cl)c(Cl)c3)nn12. The van der Waals surface area contributed by atoms with Crippen LogP contribution >= 0.6 is 34.5 Å².